The van der Waals surface area contributed by atoms with Crippen LogP contribution in [-0.4, -0.2) is 24.0 Å². The van der Waals surface area contributed by atoms with Crippen LogP contribution < -0.4 is 5.73 Å². The molecule has 0 amide bonds. The number of fused-ring (bicyclic) bond motifs is 1. The molecule has 2 N–H and O–H groups in total. The van der Waals surface area contributed by atoms with Gasteiger partial charge in [-0.1, -0.05) is 18.2 Å². The van der Waals surface area contributed by atoms with E-state index >= 15 is 0 Å². The van der Waals surface area contributed by atoms with Gasteiger partial charge in [-0.05, 0) is 28.8 Å². The molecular weight excluding hydrogens is 216 g/mol. The van der Waals surface area contributed by atoms with Crippen molar-refractivity contribution in [2.45, 2.75) is 19.0 Å². The summed E-state index contributed by atoms with van der Waals surface area (Å²) in [7, 11) is 0. The Kier molecular flexibility index (Phi) is 2.67. The predicted molar refractivity (Wildman–Crippen MR) is 69.7 cm³/mol. The standard InChI is InChI=1S/C13H16N2S/c14-11-5-6-15(8-11)7-10-9-16-13-4-2-1-3-12(10)13/h1-4,9,11H,5-8,14H2/t11-/m0/s1. The van der Waals surface area contributed by atoms with Crippen molar-refractivity contribution in [2.24, 2.45) is 5.73 Å². The first kappa shape index (κ1) is 10.3. The summed E-state index contributed by atoms with van der Waals surface area (Å²) in [5.41, 5.74) is 7.38. The van der Waals surface area contributed by atoms with Crippen molar-refractivity contribution >= 4 is 21.4 Å². The second-order valence-corrected chi connectivity index (χ2v) is 5.45. The number of nitrogens with two attached hydrogens (primary N) is 1. The van der Waals surface area contributed by atoms with Crippen LogP contribution in [0.4, 0.5) is 0 Å². The summed E-state index contributed by atoms with van der Waals surface area (Å²) in [4.78, 5) is 2.46. The maximum atomic E-state index is 5.93. The van der Waals surface area contributed by atoms with Gasteiger partial charge in [-0.15, -0.1) is 11.3 Å². The SMILES string of the molecule is N[C@H]1CCN(Cc2csc3ccccc23)C1. The van der Waals surface area contributed by atoms with Crippen molar-refractivity contribution in [3.05, 3.63) is 35.2 Å². The zero-order valence-electron chi connectivity index (χ0n) is 9.23. The first-order valence-corrected chi connectivity index (χ1v) is 6.64. The van der Waals surface area contributed by atoms with Crippen molar-refractivity contribution in [1.29, 1.82) is 0 Å². The van der Waals surface area contributed by atoms with E-state index in [4.69, 9.17) is 5.73 Å². The molecule has 1 aliphatic rings. The topological polar surface area (TPSA) is 29.3 Å². The fourth-order valence-electron chi connectivity index (χ4n) is 2.40. The summed E-state index contributed by atoms with van der Waals surface area (Å²) in [5.74, 6) is 0. The number of nitrogens with zero attached hydrogens (tertiary/aromatic N) is 1. The normalized spacial score (nSPS) is 21.9. The van der Waals surface area contributed by atoms with Gasteiger partial charge < -0.3 is 5.73 Å². The second kappa shape index (κ2) is 4.17. The molecule has 0 aliphatic carbocycles. The third-order valence-electron chi connectivity index (χ3n) is 3.26. The molecule has 2 aromatic rings. The monoisotopic (exact) mass is 232 g/mol. The Morgan fingerprint density at radius 1 is 1.38 bits per heavy atom. The zero-order valence-corrected chi connectivity index (χ0v) is 10.0. The van der Waals surface area contributed by atoms with Gasteiger partial charge in [-0.2, -0.15) is 0 Å². The molecule has 84 valence electrons. The van der Waals surface area contributed by atoms with E-state index in [1.165, 1.54) is 15.6 Å². The Bertz CT molecular complexity index is 491. The first-order valence-electron chi connectivity index (χ1n) is 5.76. The number of thiophene rings is 1. The highest BCUT2D eigenvalue weighted by Crippen LogP contribution is 2.27. The summed E-state index contributed by atoms with van der Waals surface area (Å²) in [6.45, 7) is 3.24. The van der Waals surface area contributed by atoms with Crippen LogP contribution in [0.5, 0.6) is 0 Å². The van der Waals surface area contributed by atoms with Gasteiger partial charge in [0.05, 0.1) is 0 Å². The molecule has 0 radical (unpaired) electrons. The van der Waals surface area contributed by atoms with Crippen LogP contribution in [0, 0.1) is 0 Å². The van der Waals surface area contributed by atoms with E-state index in [-0.39, 0.29) is 0 Å². The van der Waals surface area contributed by atoms with E-state index < -0.39 is 0 Å². The molecule has 16 heavy (non-hydrogen) atoms. The molecule has 1 fully saturated rings. The Labute approximate surface area is 99.7 Å². The largest absolute Gasteiger partial charge is 0.326 e. The molecule has 2 nitrogen and oxygen atoms in total. The van der Waals surface area contributed by atoms with E-state index in [2.05, 4.69) is 34.5 Å². The van der Waals surface area contributed by atoms with Crippen LogP contribution in [0.15, 0.2) is 29.6 Å². The molecule has 0 saturated carbocycles. The third kappa shape index (κ3) is 1.86. The van der Waals surface area contributed by atoms with Gasteiger partial charge in [0.15, 0.2) is 0 Å². The highest BCUT2D eigenvalue weighted by molar-refractivity contribution is 7.17. The van der Waals surface area contributed by atoms with Crippen LogP contribution >= 0.6 is 11.3 Å². The molecule has 2 heterocycles. The summed E-state index contributed by atoms with van der Waals surface area (Å²) in [6, 6.07) is 9.02. The summed E-state index contributed by atoms with van der Waals surface area (Å²) >= 11 is 1.84. The number of rotatable bonds is 2. The summed E-state index contributed by atoms with van der Waals surface area (Å²) < 4.78 is 1.39. The van der Waals surface area contributed by atoms with Gasteiger partial charge in [-0.25, -0.2) is 0 Å². The molecule has 0 unspecified atom stereocenters. The predicted octanol–water partition coefficient (Wildman–Crippen LogP) is 2.43. The van der Waals surface area contributed by atoms with E-state index in [0.29, 0.717) is 6.04 Å². The van der Waals surface area contributed by atoms with Crippen molar-refractivity contribution in [1.82, 2.24) is 4.90 Å². The van der Waals surface area contributed by atoms with Gasteiger partial charge in [0, 0.05) is 30.4 Å². The second-order valence-electron chi connectivity index (χ2n) is 4.54. The first-order chi connectivity index (χ1) is 7.83. The fraction of sp³-hybridized carbons (Fsp3) is 0.385. The number of hydrogen-bond acceptors (Lipinski definition) is 3. The third-order valence-corrected chi connectivity index (χ3v) is 4.28. The number of likely N-dealkylation sites (tertiary alicyclic amines) is 1. The van der Waals surface area contributed by atoms with Crippen molar-refractivity contribution < 1.29 is 0 Å². The quantitative estimate of drug-likeness (QED) is 0.861. The lowest BCUT2D eigenvalue weighted by Gasteiger charge is -2.14. The summed E-state index contributed by atoms with van der Waals surface area (Å²) in [6.07, 6.45) is 1.14. The highest BCUT2D eigenvalue weighted by Gasteiger charge is 2.19. The van der Waals surface area contributed by atoms with E-state index in [9.17, 15) is 0 Å². The molecule has 1 atom stereocenters. The molecule has 1 aromatic carbocycles. The molecule has 1 saturated heterocycles. The molecule has 3 rings (SSSR count). The average Bonchev–Trinajstić information content (AvgIpc) is 2.87. The fourth-order valence-corrected chi connectivity index (χ4v) is 3.36. The molecule has 0 bridgehead atoms. The Balaban J connectivity index is 1.84. The van der Waals surface area contributed by atoms with Gasteiger partial charge in [0.1, 0.15) is 0 Å². The lowest BCUT2D eigenvalue weighted by molar-refractivity contribution is 0.328. The van der Waals surface area contributed by atoms with Crippen LogP contribution in [-0.2, 0) is 6.54 Å². The van der Waals surface area contributed by atoms with E-state index in [1.807, 2.05) is 11.3 Å². The Morgan fingerprint density at radius 2 is 2.25 bits per heavy atom. The van der Waals surface area contributed by atoms with Gasteiger partial charge in [-0.3, -0.25) is 4.90 Å². The molecule has 3 heteroatoms. The maximum absolute atomic E-state index is 5.93. The maximum Gasteiger partial charge on any atom is 0.0346 e. The van der Waals surface area contributed by atoms with Crippen molar-refractivity contribution in [2.75, 3.05) is 13.1 Å². The van der Waals surface area contributed by atoms with Gasteiger partial charge in [0.25, 0.3) is 0 Å². The van der Waals surface area contributed by atoms with Crippen LogP contribution in [0.3, 0.4) is 0 Å². The van der Waals surface area contributed by atoms with E-state index in [0.717, 1.165) is 26.1 Å². The molecule has 1 aromatic heterocycles. The smallest absolute Gasteiger partial charge is 0.0346 e. The van der Waals surface area contributed by atoms with E-state index in [1.54, 1.807) is 0 Å². The molecular formula is C13H16N2S. The molecule has 0 spiro atoms. The minimum atomic E-state index is 0.380. The van der Waals surface area contributed by atoms with Crippen molar-refractivity contribution in [3.8, 4) is 0 Å². The van der Waals surface area contributed by atoms with Crippen LogP contribution in [0.2, 0.25) is 0 Å². The number of hydrogen-bond donors (Lipinski definition) is 1. The minimum Gasteiger partial charge on any atom is -0.326 e. The lowest BCUT2D eigenvalue weighted by atomic mass is 10.2. The minimum absolute atomic E-state index is 0.380. The zero-order chi connectivity index (χ0) is 11.0. The lowest BCUT2D eigenvalue weighted by Crippen LogP contribution is -2.26. The highest BCUT2D eigenvalue weighted by atomic mass is 32.1. The average molecular weight is 232 g/mol. The van der Waals surface area contributed by atoms with Crippen LogP contribution in [0.1, 0.15) is 12.0 Å². The van der Waals surface area contributed by atoms with Gasteiger partial charge in [0.2, 0.25) is 0 Å². The van der Waals surface area contributed by atoms with Crippen LogP contribution in [0.25, 0.3) is 10.1 Å². The Morgan fingerprint density at radius 3 is 3.06 bits per heavy atom. The summed E-state index contributed by atoms with van der Waals surface area (Å²) in [5, 5.41) is 3.70. The Hall–Kier alpha value is -0.900. The number of benzene rings is 1. The van der Waals surface area contributed by atoms with Gasteiger partial charge >= 0.3 is 0 Å². The van der Waals surface area contributed by atoms with Crippen molar-refractivity contribution in [3.63, 3.8) is 0 Å². The molecule has 1 aliphatic heterocycles.